The van der Waals surface area contributed by atoms with Crippen LogP contribution in [-0.4, -0.2) is 51.4 Å². The Morgan fingerprint density at radius 3 is 2.26 bits per heavy atom. The van der Waals surface area contributed by atoms with Gasteiger partial charge in [0.15, 0.2) is 0 Å². The summed E-state index contributed by atoms with van der Waals surface area (Å²) in [5, 5.41) is 25.6. The van der Waals surface area contributed by atoms with Crippen LogP contribution in [0.2, 0.25) is 0 Å². The molecule has 0 spiro atoms. The Bertz CT molecular complexity index is 995. The Balaban J connectivity index is 1.90. The van der Waals surface area contributed by atoms with E-state index in [1.54, 1.807) is 13.8 Å². The van der Waals surface area contributed by atoms with Gasteiger partial charge in [0.05, 0.1) is 26.9 Å². The lowest BCUT2D eigenvalue weighted by Crippen LogP contribution is -2.39. The van der Waals surface area contributed by atoms with E-state index in [0.717, 1.165) is 6.07 Å². The minimum atomic E-state index is -1.02. The first kappa shape index (κ1) is 27.6. The Hall–Kier alpha value is -3.61. The standard InChI is InChI=1S/C22H30N4O9/c1-5-22(4,10-12-23-16-7-6-15(25(30)31)14-17(16)26(32)33)34-13-11-21(2,3)20(29)35-24-18(27)8-9-19(24)28/h6-7,14,23H,5,8-13H2,1-4H3. The van der Waals surface area contributed by atoms with Gasteiger partial charge in [0.25, 0.3) is 23.2 Å². The molecule has 0 aromatic heterocycles. The lowest BCUT2D eigenvalue weighted by molar-refractivity contribution is -0.393. The first-order valence-electron chi connectivity index (χ1n) is 11.2. The summed E-state index contributed by atoms with van der Waals surface area (Å²) in [6.07, 6.45) is 1.36. The van der Waals surface area contributed by atoms with Gasteiger partial charge in [-0.25, -0.2) is 4.79 Å². The number of nitro benzene ring substituents is 2. The van der Waals surface area contributed by atoms with E-state index in [1.165, 1.54) is 12.1 Å². The number of rotatable bonds is 13. The van der Waals surface area contributed by atoms with Crippen LogP contribution in [0.15, 0.2) is 18.2 Å². The third kappa shape index (κ3) is 7.18. The van der Waals surface area contributed by atoms with Gasteiger partial charge in [0.2, 0.25) is 0 Å². The molecule has 192 valence electrons. The van der Waals surface area contributed by atoms with Crippen molar-refractivity contribution in [3.05, 3.63) is 38.4 Å². The molecular formula is C22H30N4O9. The number of ether oxygens (including phenoxy) is 1. The number of nitrogens with zero attached hydrogens (tertiary/aromatic N) is 3. The van der Waals surface area contributed by atoms with Gasteiger partial charge in [-0.1, -0.05) is 6.92 Å². The van der Waals surface area contributed by atoms with Gasteiger partial charge in [-0.15, -0.1) is 5.06 Å². The van der Waals surface area contributed by atoms with Gasteiger partial charge in [-0.2, -0.15) is 0 Å². The molecule has 1 aromatic carbocycles. The van der Waals surface area contributed by atoms with Crippen molar-refractivity contribution in [1.29, 1.82) is 0 Å². The Morgan fingerprint density at radius 2 is 1.71 bits per heavy atom. The zero-order valence-corrected chi connectivity index (χ0v) is 20.2. The van der Waals surface area contributed by atoms with E-state index in [4.69, 9.17) is 9.57 Å². The molecule has 1 aliphatic heterocycles. The Morgan fingerprint density at radius 1 is 1.09 bits per heavy atom. The molecule has 0 saturated carbocycles. The summed E-state index contributed by atoms with van der Waals surface area (Å²) in [6.45, 7) is 7.52. The topological polar surface area (TPSA) is 171 Å². The van der Waals surface area contributed by atoms with Gasteiger partial charge in [-0.3, -0.25) is 29.8 Å². The highest BCUT2D eigenvalue weighted by atomic mass is 16.7. The molecule has 1 unspecified atom stereocenters. The van der Waals surface area contributed by atoms with Crippen molar-refractivity contribution in [2.45, 2.75) is 65.4 Å². The third-order valence-corrected chi connectivity index (χ3v) is 6.02. The predicted molar refractivity (Wildman–Crippen MR) is 123 cm³/mol. The van der Waals surface area contributed by atoms with Crippen LogP contribution in [0.4, 0.5) is 17.1 Å². The maximum Gasteiger partial charge on any atom is 0.338 e. The Labute approximate surface area is 202 Å². The molecule has 35 heavy (non-hydrogen) atoms. The summed E-state index contributed by atoms with van der Waals surface area (Å²) in [4.78, 5) is 61.6. The average molecular weight is 495 g/mol. The smallest absolute Gasteiger partial charge is 0.338 e. The second-order valence-corrected chi connectivity index (χ2v) is 9.14. The van der Waals surface area contributed by atoms with Gasteiger partial charge in [-0.05, 0) is 46.1 Å². The maximum absolute atomic E-state index is 12.5. The maximum atomic E-state index is 12.5. The van der Waals surface area contributed by atoms with Crippen molar-refractivity contribution in [2.75, 3.05) is 18.5 Å². The quantitative estimate of drug-likeness (QED) is 0.243. The summed E-state index contributed by atoms with van der Waals surface area (Å²) >= 11 is 0. The van der Waals surface area contributed by atoms with Crippen LogP contribution in [-0.2, 0) is 24.0 Å². The van der Waals surface area contributed by atoms with Crippen molar-refractivity contribution in [1.82, 2.24) is 5.06 Å². The van der Waals surface area contributed by atoms with Crippen molar-refractivity contribution < 1.29 is 33.8 Å². The van der Waals surface area contributed by atoms with E-state index in [9.17, 15) is 34.6 Å². The highest BCUT2D eigenvalue weighted by molar-refractivity contribution is 6.01. The molecule has 2 amide bonds. The van der Waals surface area contributed by atoms with Crippen LogP contribution < -0.4 is 5.32 Å². The summed E-state index contributed by atoms with van der Waals surface area (Å²) in [5.74, 6) is -1.81. The van der Waals surface area contributed by atoms with Crippen LogP contribution in [0.5, 0.6) is 0 Å². The number of amides is 2. The van der Waals surface area contributed by atoms with Gasteiger partial charge in [0, 0.05) is 32.1 Å². The van der Waals surface area contributed by atoms with Crippen LogP contribution >= 0.6 is 0 Å². The number of nitrogens with one attached hydrogen (secondary N) is 1. The second kappa shape index (κ2) is 11.2. The fourth-order valence-corrected chi connectivity index (χ4v) is 3.27. The molecule has 13 heteroatoms. The fourth-order valence-electron chi connectivity index (χ4n) is 3.27. The number of anilines is 1. The number of carbonyl (C=O) groups excluding carboxylic acids is 3. The van der Waals surface area contributed by atoms with E-state index in [-0.39, 0.29) is 37.2 Å². The number of carbonyl (C=O) groups is 3. The predicted octanol–water partition coefficient (Wildman–Crippen LogP) is 3.51. The van der Waals surface area contributed by atoms with Crippen molar-refractivity contribution in [2.24, 2.45) is 5.41 Å². The third-order valence-electron chi connectivity index (χ3n) is 6.02. The van der Waals surface area contributed by atoms with E-state index in [2.05, 4.69) is 5.32 Å². The zero-order valence-electron chi connectivity index (χ0n) is 20.2. The van der Waals surface area contributed by atoms with Gasteiger partial charge in [0.1, 0.15) is 5.69 Å². The molecule has 1 N–H and O–H groups in total. The van der Waals surface area contributed by atoms with Crippen molar-refractivity contribution in [3.8, 4) is 0 Å². The molecule has 1 aliphatic rings. The van der Waals surface area contributed by atoms with Crippen molar-refractivity contribution in [3.63, 3.8) is 0 Å². The molecule has 0 aliphatic carbocycles. The molecule has 13 nitrogen and oxygen atoms in total. The van der Waals surface area contributed by atoms with Crippen LogP contribution in [0.1, 0.15) is 59.8 Å². The van der Waals surface area contributed by atoms with E-state index < -0.39 is 44.3 Å². The normalized spacial score (nSPS) is 15.6. The first-order valence-corrected chi connectivity index (χ1v) is 11.2. The van der Waals surface area contributed by atoms with Crippen molar-refractivity contribution >= 4 is 34.8 Å². The molecule has 1 aromatic rings. The zero-order chi connectivity index (χ0) is 26.4. The lowest BCUT2D eigenvalue weighted by Gasteiger charge is -2.31. The Kier molecular flexibility index (Phi) is 8.85. The molecule has 1 atom stereocenters. The monoisotopic (exact) mass is 494 g/mol. The van der Waals surface area contributed by atoms with Crippen LogP contribution in [0, 0.1) is 25.6 Å². The van der Waals surface area contributed by atoms with Crippen LogP contribution in [0.3, 0.4) is 0 Å². The number of hydrogen-bond donors (Lipinski definition) is 1. The largest absolute Gasteiger partial charge is 0.379 e. The minimum Gasteiger partial charge on any atom is -0.379 e. The highest BCUT2D eigenvalue weighted by Crippen LogP contribution is 2.30. The van der Waals surface area contributed by atoms with E-state index in [0.29, 0.717) is 24.4 Å². The van der Waals surface area contributed by atoms with E-state index in [1.807, 2.05) is 13.8 Å². The lowest BCUT2D eigenvalue weighted by atomic mass is 9.90. The summed E-state index contributed by atoms with van der Waals surface area (Å²) in [5.41, 5.74) is -2.25. The molecule has 0 radical (unpaired) electrons. The summed E-state index contributed by atoms with van der Waals surface area (Å²) in [7, 11) is 0. The summed E-state index contributed by atoms with van der Waals surface area (Å²) in [6, 6.07) is 3.39. The molecule has 1 heterocycles. The number of hydrogen-bond acceptors (Lipinski definition) is 10. The highest BCUT2D eigenvalue weighted by Gasteiger charge is 2.38. The summed E-state index contributed by atoms with van der Waals surface area (Å²) < 4.78 is 6.02. The number of non-ortho nitro benzene ring substituents is 1. The number of hydroxylamine groups is 2. The second-order valence-electron chi connectivity index (χ2n) is 9.14. The van der Waals surface area contributed by atoms with Crippen LogP contribution in [0.25, 0.3) is 0 Å². The molecule has 2 rings (SSSR count). The SMILES string of the molecule is CCC(C)(CCNc1ccc([N+](=O)[O-])cc1[N+](=O)[O-])OCCC(C)(C)C(=O)ON1C(=O)CCC1=O. The number of benzene rings is 1. The van der Waals surface area contributed by atoms with E-state index >= 15 is 0 Å². The molecular weight excluding hydrogens is 464 g/mol. The minimum absolute atomic E-state index is 0.0155. The average Bonchev–Trinajstić information content (AvgIpc) is 3.10. The molecule has 1 fully saturated rings. The number of nitro groups is 2. The number of imide groups is 1. The van der Waals surface area contributed by atoms with Gasteiger partial charge < -0.3 is 14.9 Å². The molecule has 0 bridgehead atoms. The fraction of sp³-hybridized carbons (Fsp3) is 0.591. The first-order chi connectivity index (χ1) is 16.3. The molecule has 1 saturated heterocycles. The van der Waals surface area contributed by atoms with Gasteiger partial charge >= 0.3 is 5.97 Å².